The normalized spacial score (nSPS) is 33.9. The van der Waals surface area contributed by atoms with Gasteiger partial charge in [-0.15, -0.1) is 0 Å². The Kier molecular flexibility index (Phi) is 4.37. The SMILES string of the molecule is COc1ccc(-c2cccc3c(C4C5SC(=O)N4C5=O)cccc23)cc1C12CC3CC(CC(C3)C1)C2. The van der Waals surface area contributed by atoms with E-state index in [9.17, 15) is 9.59 Å². The van der Waals surface area contributed by atoms with E-state index in [1.54, 1.807) is 0 Å². The van der Waals surface area contributed by atoms with E-state index in [4.69, 9.17) is 4.74 Å². The summed E-state index contributed by atoms with van der Waals surface area (Å²) in [6, 6.07) is 19.4. The zero-order valence-corrected chi connectivity index (χ0v) is 21.2. The topological polar surface area (TPSA) is 46.6 Å². The number of rotatable bonds is 4. The van der Waals surface area contributed by atoms with Crippen molar-refractivity contribution in [3.05, 3.63) is 65.7 Å². The first-order valence-corrected chi connectivity index (χ1v) is 14.2. The van der Waals surface area contributed by atoms with Crippen LogP contribution in [0.1, 0.15) is 55.7 Å². The van der Waals surface area contributed by atoms with Gasteiger partial charge in [0.15, 0.2) is 0 Å². The number of carbonyl (C=O) groups is 2. The molecular weight excluding hydrogens is 466 g/mol. The van der Waals surface area contributed by atoms with Crippen molar-refractivity contribution in [3.63, 3.8) is 0 Å². The van der Waals surface area contributed by atoms with Gasteiger partial charge in [0.25, 0.3) is 5.24 Å². The van der Waals surface area contributed by atoms with Gasteiger partial charge in [0.2, 0.25) is 5.91 Å². The van der Waals surface area contributed by atoms with Gasteiger partial charge in [-0.1, -0.05) is 42.5 Å². The van der Waals surface area contributed by atoms with Crippen LogP contribution >= 0.6 is 11.8 Å². The monoisotopic (exact) mass is 495 g/mol. The van der Waals surface area contributed by atoms with Gasteiger partial charge in [-0.25, -0.2) is 0 Å². The maximum atomic E-state index is 12.3. The van der Waals surface area contributed by atoms with Crippen LogP contribution in [0.3, 0.4) is 0 Å². The van der Waals surface area contributed by atoms with E-state index in [0.717, 1.165) is 34.5 Å². The molecule has 6 bridgehead atoms. The molecule has 3 aliphatic heterocycles. The number of nitrogens with zero attached hydrogens (tertiary/aromatic N) is 1. The molecule has 2 atom stereocenters. The van der Waals surface area contributed by atoms with Gasteiger partial charge in [-0.3, -0.25) is 14.5 Å². The summed E-state index contributed by atoms with van der Waals surface area (Å²) < 4.78 is 5.96. The quantitative estimate of drug-likeness (QED) is 0.362. The van der Waals surface area contributed by atoms with Crippen molar-refractivity contribution in [2.75, 3.05) is 7.11 Å². The molecule has 10 rings (SSSR count). The summed E-state index contributed by atoms with van der Waals surface area (Å²) in [5.74, 6) is 3.62. The highest BCUT2D eigenvalue weighted by Gasteiger charge is 2.60. The average Bonchev–Trinajstić information content (AvgIpc) is 3.39. The lowest BCUT2D eigenvalue weighted by Gasteiger charge is -2.57. The highest BCUT2D eigenvalue weighted by molar-refractivity contribution is 8.15. The van der Waals surface area contributed by atoms with Crippen LogP contribution in [0.5, 0.6) is 5.75 Å². The number of imide groups is 1. The fraction of sp³-hybridized carbons (Fsp3) is 0.419. The largest absolute Gasteiger partial charge is 0.496 e. The van der Waals surface area contributed by atoms with Gasteiger partial charge in [0.1, 0.15) is 11.0 Å². The van der Waals surface area contributed by atoms with Crippen molar-refractivity contribution in [2.45, 2.75) is 55.2 Å². The molecule has 3 aromatic carbocycles. The summed E-state index contributed by atoms with van der Waals surface area (Å²) in [7, 11) is 1.81. The van der Waals surface area contributed by atoms with E-state index < -0.39 is 0 Å². The van der Waals surface area contributed by atoms with Crippen LogP contribution in [-0.2, 0) is 10.2 Å². The van der Waals surface area contributed by atoms with Gasteiger partial charge in [0, 0.05) is 5.56 Å². The maximum absolute atomic E-state index is 12.3. The van der Waals surface area contributed by atoms with E-state index in [-0.39, 0.29) is 27.9 Å². The lowest BCUT2D eigenvalue weighted by molar-refractivity contribution is -0.137. The fourth-order valence-corrected chi connectivity index (χ4v) is 9.97. The molecule has 2 amide bonds. The summed E-state index contributed by atoms with van der Waals surface area (Å²) in [4.78, 5) is 26.0. The molecule has 0 radical (unpaired) electrons. The first kappa shape index (κ1) is 21.3. The number of β-lactam (4-membered cyclic amide) rings is 1. The molecule has 7 fully saturated rings. The van der Waals surface area contributed by atoms with Crippen molar-refractivity contribution in [1.82, 2.24) is 4.90 Å². The number of benzene rings is 3. The molecule has 4 saturated carbocycles. The predicted molar refractivity (Wildman–Crippen MR) is 142 cm³/mol. The minimum atomic E-state index is -0.268. The smallest absolute Gasteiger partial charge is 0.289 e. The third-order valence-electron chi connectivity index (χ3n) is 9.86. The van der Waals surface area contributed by atoms with Gasteiger partial charge in [-0.2, -0.15) is 0 Å². The second kappa shape index (κ2) is 7.38. The number of fused-ring (bicyclic) bond motifs is 2. The molecule has 3 heterocycles. The molecular formula is C31H29NO3S. The van der Waals surface area contributed by atoms with E-state index in [1.165, 1.54) is 77.3 Å². The second-order valence-electron chi connectivity index (χ2n) is 11.8. The summed E-state index contributed by atoms with van der Waals surface area (Å²) in [5, 5.41) is 1.92. The van der Waals surface area contributed by atoms with Gasteiger partial charge in [0.05, 0.1) is 13.2 Å². The molecule has 4 aliphatic carbocycles. The number of ether oxygens (including phenoxy) is 1. The Morgan fingerprint density at radius 1 is 0.889 bits per heavy atom. The van der Waals surface area contributed by atoms with Gasteiger partial charge >= 0.3 is 0 Å². The zero-order valence-electron chi connectivity index (χ0n) is 20.4. The Morgan fingerprint density at radius 2 is 1.58 bits per heavy atom. The minimum absolute atomic E-state index is 0.0430. The van der Waals surface area contributed by atoms with Crippen LogP contribution in [-0.4, -0.2) is 28.4 Å². The number of hydrogen-bond acceptors (Lipinski definition) is 4. The summed E-state index contributed by atoms with van der Waals surface area (Å²) in [5.41, 5.74) is 5.16. The van der Waals surface area contributed by atoms with Crippen LogP contribution in [0.4, 0.5) is 4.79 Å². The van der Waals surface area contributed by atoms with Crippen molar-refractivity contribution in [1.29, 1.82) is 0 Å². The summed E-state index contributed by atoms with van der Waals surface area (Å²) >= 11 is 1.17. The highest BCUT2D eigenvalue weighted by Crippen LogP contribution is 2.62. The van der Waals surface area contributed by atoms with E-state index in [0.29, 0.717) is 0 Å². The molecule has 0 aromatic heterocycles. The molecule has 2 unspecified atom stereocenters. The maximum Gasteiger partial charge on any atom is 0.289 e. The number of amides is 2. The first-order chi connectivity index (χ1) is 17.5. The van der Waals surface area contributed by atoms with Crippen LogP contribution in [0, 0.1) is 17.8 Å². The molecule has 3 aromatic rings. The fourth-order valence-electron chi connectivity index (χ4n) is 8.82. The molecule has 0 spiro atoms. The standard InChI is InChI=1S/C31H29NO3S/c1-35-26-9-8-20(13-25(26)31-14-17-10-18(15-31)12-19(11-17)16-31)21-4-2-6-23-22(21)5-3-7-24(23)27-28-29(33)32(27)30(34)36-28/h2-9,13,17-19,27-28H,10-12,14-16H2,1H3. The molecule has 36 heavy (non-hydrogen) atoms. The predicted octanol–water partition coefficient (Wildman–Crippen LogP) is 7.10. The zero-order chi connectivity index (χ0) is 24.2. The molecule has 7 aliphatic rings. The summed E-state index contributed by atoms with van der Waals surface area (Å²) in [6.45, 7) is 0. The van der Waals surface area contributed by atoms with E-state index in [2.05, 4.69) is 54.6 Å². The second-order valence-corrected chi connectivity index (χ2v) is 12.9. The number of hydrogen-bond donors (Lipinski definition) is 0. The molecule has 182 valence electrons. The molecule has 5 heteroatoms. The average molecular weight is 496 g/mol. The lowest BCUT2D eigenvalue weighted by atomic mass is 9.48. The van der Waals surface area contributed by atoms with E-state index >= 15 is 0 Å². The van der Waals surface area contributed by atoms with Crippen molar-refractivity contribution >= 4 is 33.7 Å². The number of thioether (sulfide) groups is 1. The Labute approximate surface area is 215 Å². The Morgan fingerprint density at radius 3 is 2.22 bits per heavy atom. The third-order valence-corrected chi connectivity index (χ3v) is 11.0. The molecule has 3 saturated heterocycles. The Bertz CT molecular complexity index is 1420. The van der Waals surface area contributed by atoms with Crippen molar-refractivity contribution in [3.8, 4) is 16.9 Å². The van der Waals surface area contributed by atoms with Crippen LogP contribution in [0.15, 0.2) is 54.6 Å². The van der Waals surface area contributed by atoms with Gasteiger partial charge < -0.3 is 4.74 Å². The van der Waals surface area contributed by atoms with Gasteiger partial charge in [-0.05, 0) is 113 Å². The van der Waals surface area contributed by atoms with E-state index in [1.807, 2.05) is 7.11 Å². The van der Waals surface area contributed by atoms with Crippen molar-refractivity contribution < 1.29 is 14.3 Å². The van der Waals surface area contributed by atoms with Crippen molar-refractivity contribution in [2.24, 2.45) is 17.8 Å². The highest BCUT2D eigenvalue weighted by atomic mass is 32.2. The Hall–Kier alpha value is -2.79. The first-order valence-electron chi connectivity index (χ1n) is 13.3. The van der Waals surface area contributed by atoms with Crippen LogP contribution in [0.25, 0.3) is 21.9 Å². The summed E-state index contributed by atoms with van der Waals surface area (Å²) in [6.07, 6.45) is 8.19. The van der Waals surface area contributed by atoms with Crippen LogP contribution in [0.2, 0.25) is 0 Å². The molecule has 0 N–H and O–H groups in total. The molecule has 4 nitrogen and oxygen atoms in total. The van der Waals surface area contributed by atoms with Crippen LogP contribution < -0.4 is 4.74 Å². The third kappa shape index (κ3) is 2.78. The lowest BCUT2D eigenvalue weighted by Crippen LogP contribution is -2.50. The minimum Gasteiger partial charge on any atom is -0.496 e. The Balaban J connectivity index is 1.25. The number of methoxy groups -OCH3 is 1. The number of carbonyl (C=O) groups excluding carboxylic acids is 2.